The summed E-state index contributed by atoms with van der Waals surface area (Å²) in [6.07, 6.45) is 7.87. The Hall–Kier alpha value is -5.06. The molecule has 0 saturated heterocycles. The molecule has 2 amide bonds. The maximum Gasteiger partial charge on any atom is 0.249 e. The number of hydrogen-bond donors (Lipinski definition) is 4. The number of nitrogens with two attached hydrogens (primary N) is 2. The van der Waals surface area contributed by atoms with Gasteiger partial charge in [-0.25, -0.2) is 0 Å². The SMILES string of the molecule is NC(=O)c1ccncc1C(=O)C(Cc1ccccc1)NCCCCNC(Cc1ccccc1)C(=O)c1cnccc1C(N)=O. The van der Waals surface area contributed by atoms with Gasteiger partial charge in [-0.05, 0) is 62.0 Å². The zero-order valence-corrected chi connectivity index (χ0v) is 24.3. The quantitative estimate of drug-likeness (QED) is 0.107. The number of aromatic nitrogens is 2. The predicted octanol–water partition coefficient (Wildman–Crippen LogP) is 2.92. The predicted molar refractivity (Wildman–Crippen MR) is 167 cm³/mol. The number of nitrogens with zero attached hydrogens (tertiary/aromatic N) is 2. The molecule has 2 aromatic carbocycles. The molecule has 0 bridgehead atoms. The minimum Gasteiger partial charge on any atom is -0.366 e. The molecule has 0 saturated carbocycles. The molecule has 10 heteroatoms. The van der Waals surface area contributed by atoms with E-state index >= 15 is 0 Å². The van der Waals surface area contributed by atoms with Crippen LogP contribution in [-0.2, 0) is 12.8 Å². The molecule has 6 N–H and O–H groups in total. The number of ketones is 2. The number of unbranched alkanes of at least 4 members (excludes halogenated alkanes) is 1. The maximum atomic E-state index is 13.5. The highest BCUT2D eigenvalue weighted by Crippen LogP contribution is 2.15. The molecule has 4 aromatic rings. The van der Waals surface area contributed by atoms with Gasteiger partial charge in [0.25, 0.3) is 0 Å². The van der Waals surface area contributed by atoms with Crippen LogP contribution >= 0.6 is 0 Å². The van der Waals surface area contributed by atoms with Crippen LogP contribution in [0.3, 0.4) is 0 Å². The Balaban J connectivity index is 1.39. The summed E-state index contributed by atoms with van der Waals surface area (Å²) in [5.41, 5.74) is 13.6. The number of rotatable bonds is 17. The first-order chi connectivity index (χ1) is 21.3. The van der Waals surface area contributed by atoms with Crippen LogP contribution in [0, 0.1) is 0 Å². The van der Waals surface area contributed by atoms with Crippen molar-refractivity contribution in [2.45, 2.75) is 37.8 Å². The number of nitrogens with one attached hydrogen (secondary N) is 2. The lowest BCUT2D eigenvalue weighted by molar-refractivity contribution is 0.0923. The number of carbonyl (C=O) groups excluding carboxylic acids is 4. The summed E-state index contributed by atoms with van der Waals surface area (Å²) < 4.78 is 0. The molecule has 10 nitrogen and oxygen atoms in total. The lowest BCUT2D eigenvalue weighted by Crippen LogP contribution is -2.41. The van der Waals surface area contributed by atoms with E-state index in [2.05, 4.69) is 20.6 Å². The zero-order valence-electron chi connectivity index (χ0n) is 24.3. The molecule has 226 valence electrons. The van der Waals surface area contributed by atoms with Crippen molar-refractivity contribution in [2.75, 3.05) is 13.1 Å². The van der Waals surface area contributed by atoms with Crippen LogP contribution in [0.2, 0.25) is 0 Å². The lowest BCUT2D eigenvalue weighted by atomic mass is 9.95. The maximum absolute atomic E-state index is 13.5. The van der Waals surface area contributed by atoms with E-state index in [1.165, 1.54) is 36.9 Å². The van der Waals surface area contributed by atoms with Crippen LogP contribution < -0.4 is 22.1 Å². The third-order valence-corrected chi connectivity index (χ3v) is 7.29. The van der Waals surface area contributed by atoms with Crippen LogP contribution in [0.4, 0.5) is 0 Å². The van der Waals surface area contributed by atoms with Crippen molar-refractivity contribution in [3.63, 3.8) is 0 Å². The number of carbonyl (C=O) groups is 4. The average molecular weight is 593 g/mol. The van der Waals surface area contributed by atoms with Gasteiger partial charge in [-0.15, -0.1) is 0 Å². The molecule has 2 aromatic heterocycles. The monoisotopic (exact) mass is 592 g/mol. The van der Waals surface area contributed by atoms with E-state index in [1.807, 2.05) is 60.7 Å². The second-order valence-corrected chi connectivity index (χ2v) is 10.4. The van der Waals surface area contributed by atoms with E-state index < -0.39 is 23.9 Å². The topological polar surface area (TPSA) is 170 Å². The molecule has 0 fully saturated rings. The molecule has 0 aliphatic heterocycles. The Bertz CT molecular complexity index is 1460. The number of hydrogen-bond acceptors (Lipinski definition) is 8. The fraction of sp³-hybridized carbons (Fsp3) is 0.235. The molecule has 0 aliphatic rings. The number of pyridine rings is 2. The largest absolute Gasteiger partial charge is 0.366 e. The average Bonchev–Trinajstić information content (AvgIpc) is 3.05. The highest BCUT2D eigenvalue weighted by Gasteiger charge is 2.26. The first kappa shape index (κ1) is 31.9. The Morgan fingerprint density at radius 1 is 0.568 bits per heavy atom. The van der Waals surface area contributed by atoms with Gasteiger partial charge < -0.3 is 22.1 Å². The molecular weight excluding hydrogens is 556 g/mol. The summed E-state index contributed by atoms with van der Waals surface area (Å²) in [4.78, 5) is 59.1. The fourth-order valence-electron chi connectivity index (χ4n) is 5.00. The summed E-state index contributed by atoms with van der Waals surface area (Å²) in [7, 11) is 0. The van der Waals surface area contributed by atoms with E-state index in [9.17, 15) is 19.2 Å². The van der Waals surface area contributed by atoms with Gasteiger partial charge in [0.1, 0.15) is 0 Å². The second-order valence-electron chi connectivity index (χ2n) is 10.4. The van der Waals surface area contributed by atoms with Gasteiger partial charge >= 0.3 is 0 Å². The number of amides is 2. The molecule has 0 radical (unpaired) electrons. The van der Waals surface area contributed by atoms with E-state index in [1.54, 1.807) is 0 Å². The molecule has 44 heavy (non-hydrogen) atoms. The van der Waals surface area contributed by atoms with Gasteiger partial charge in [0.05, 0.1) is 34.3 Å². The molecule has 2 heterocycles. The highest BCUT2D eigenvalue weighted by atomic mass is 16.2. The van der Waals surface area contributed by atoms with E-state index in [0.717, 1.165) is 11.1 Å². The van der Waals surface area contributed by atoms with Crippen LogP contribution in [0.1, 0.15) is 65.4 Å². The first-order valence-corrected chi connectivity index (χ1v) is 14.5. The Kier molecular flexibility index (Phi) is 11.6. The lowest BCUT2D eigenvalue weighted by Gasteiger charge is -2.20. The van der Waals surface area contributed by atoms with Crippen LogP contribution in [0.5, 0.6) is 0 Å². The van der Waals surface area contributed by atoms with Crippen molar-refractivity contribution in [1.82, 2.24) is 20.6 Å². The van der Waals surface area contributed by atoms with Gasteiger partial charge in [-0.1, -0.05) is 60.7 Å². The fourth-order valence-corrected chi connectivity index (χ4v) is 5.00. The van der Waals surface area contributed by atoms with Gasteiger partial charge in [0.15, 0.2) is 11.6 Å². The molecule has 2 unspecified atom stereocenters. The van der Waals surface area contributed by atoms with E-state index in [0.29, 0.717) is 38.8 Å². The number of primary amides is 2. The molecule has 2 atom stereocenters. The minimum atomic E-state index is -0.686. The first-order valence-electron chi connectivity index (χ1n) is 14.5. The standard InChI is InChI=1S/C34H36N6O4/c35-33(43)25-13-17-37-21-27(25)31(41)29(19-23-9-3-1-4-10-23)39-15-7-8-16-40-30(20-24-11-5-2-6-12-24)32(42)28-22-38-18-14-26(28)34(36)44/h1-6,9-14,17-18,21-22,29-30,39-40H,7-8,15-16,19-20H2,(H2,35,43)(H2,36,44). The van der Waals surface area contributed by atoms with Crippen molar-refractivity contribution in [1.29, 1.82) is 0 Å². The Morgan fingerprint density at radius 3 is 1.32 bits per heavy atom. The summed E-state index contributed by atoms with van der Waals surface area (Å²) in [6, 6.07) is 20.9. The minimum absolute atomic E-state index is 0.135. The zero-order chi connectivity index (χ0) is 31.3. The van der Waals surface area contributed by atoms with Crippen molar-refractivity contribution in [3.05, 3.63) is 131 Å². The van der Waals surface area contributed by atoms with Crippen molar-refractivity contribution in [2.24, 2.45) is 11.5 Å². The second kappa shape index (κ2) is 16.0. The van der Waals surface area contributed by atoms with Gasteiger partial charge in [0, 0.05) is 24.8 Å². The number of benzene rings is 2. The van der Waals surface area contributed by atoms with Gasteiger partial charge in [0.2, 0.25) is 11.8 Å². The van der Waals surface area contributed by atoms with Crippen LogP contribution in [-0.4, -0.2) is 58.5 Å². The van der Waals surface area contributed by atoms with Gasteiger partial charge in [-0.3, -0.25) is 29.1 Å². The Morgan fingerprint density at radius 2 is 0.955 bits per heavy atom. The summed E-state index contributed by atoms with van der Waals surface area (Å²) in [6.45, 7) is 1.03. The molecule has 0 spiro atoms. The van der Waals surface area contributed by atoms with E-state index in [4.69, 9.17) is 11.5 Å². The molecule has 0 aliphatic carbocycles. The van der Waals surface area contributed by atoms with Crippen molar-refractivity contribution < 1.29 is 19.2 Å². The summed E-state index contributed by atoms with van der Waals surface area (Å²) in [5, 5.41) is 6.69. The normalized spacial score (nSPS) is 12.3. The highest BCUT2D eigenvalue weighted by molar-refractivity contribution is 6.10. The third-order valence-electron chi connectivity index (χ3n) is 7.29. The molecule has 4 rings (SSSR count). The van der Waals surface area contributed by atoms with Gasteiger partial charge in [-0.2, -0.15) is 0 Å². The van der Waals surface area contributed by atoms with Crippen molar-refractivity contribution in [3.8, 4) is 0 Å². The van der Waals surface area contributed by atoms with Crippen molar-refractivity contribution >= 4 is 23.4 Å². The smallest absolute Gasteiger partial charge is 0.249 e. The Labute approximate surface area is 256 Å². The molecular formula is C34H36N6O4. The van der Waals surface area contributed by atoms with Crippen LogP contribution in [0.25, 0.3) is 0 Å². The summed E-state index contributed by atoms with van der Waals surface area (Å²) in [5.74, 6) is -1.89. The third kappa shape index (κ3) is 8.73. The van der Waals surface area contributed by atoms with E-state index in [-0.39, 0.29) is 33.8 Å². The summed E-state index contributed by atoms with van der Waals surface area (Å²) >= 11 is 0. The van der Waals surface area contributed by atoms with Crippen LogP contribution in [0.15, 0.2) is 97.6 Å². The number of Topliss-reactive ketones (excluding diaryl/α,β-unsaturated/α-hetero) is 2.